The Labute approximate surface area is 112 Å². The standard InChI is InChI=1S/C15H17NO3/c17-14(10-11-6-2-1-3-7-11)16-13-9-5-4-8-12(13)15(18)19/h1-7,12-13H,8-10H2,(H,16,17)(H,18,19)/t12-,13+/m1/s1. The minimum atomic E-state index is -0.852. The molecule has 0 heterocycles. The zero-order chi connectivity index (χ0) is 13.7. The molecule has 2 atom stereocenters. The van der Waals surface area contributed by atoms with E-state index in [-0.39, 0.29) is 18.4 Å². The number of carbonyl (C=O) groups excluding carboxylic acids is 1. The molecule has 4 nitrogen and oxygen atoms in total. The Balaban J connectivity index is 1.94. The fourth-order valence-corrected chi connectivity index (χ4v) is 2.29. The summed E-state index contributed by atoms with van der Waals surface area (Å²) in [6, 6.07) is 9.12. The predicted molar refractivity (Wildman–Crippen MR) is 71.6 cm³/mol. The van der Waals surface area contributed by atoms with Gasteiger partial charge in [0.1, 0.15) is 0 Å². The van der Waals surface area contributed by atoms with Gasteiger partial charge in [-0.25, -0.2) is 0 Å². The Morgan fingerprint density at radius 3 is 2.53 bits per heavy atom. The molecule has 0 saturated heterocycles. The molecule has 4 heteroatoms. The van der Waals surface area contributed by atoms with E-state index >= 15 is 0 Å². The van der Waals surface area contributed by atoms with Gasteiger partial charge in [-0.2, -0.15) is 0 Å². The van der Waals surface area contributed by atoms with Crippen LogP contribution in [0.1, 0.15) is 18.4 Å². The zero-order valence-corrected chi connectivity index (χ0v) is 10.6. The van der Waals surface area contributed by atoms with Crippen LogP contribution in [-0.2, 0) is 16.0 Å². The van der Waals surface area contributed by atoms with Gasteiger partial charge in [0.25, 0.3) is 0 Å². The summed E-state index contributed by atoms with van der Waals surface area (Å²) in [6.45, 7) is 0. The van der Waals surface area contributed by atoms with Crippen LogP contribution in [0.25, 0.3) is 0 Å². The fraction of sp³-hybridized carbons (Fsp3) is 0.333. The van der Waals surface area contributed by atoms with E-state index < -0.39 is 11.9 Å². The third-order valence-corrected chi connectivity index (χ3v) is 3.30. The Kier molecular flexibility index (Phi) is 4.34. The van der Waals surface area contributed by atoms with E-state index in [0.29, 0.717) is 12.8 Å². The van der Waals surface area contributed by atoms with Crippen LogP contribution in [0.3, 0.4) is 0 Å². The highest BCUT2D eigenvalue weighted by Crippen LogP contribution is 2.19. The van der Waals surface area contributed by atoms with E-state index in [4.69, 9.17) is 5.11 Å². The van der Waals surface area contributed by atoms with Gasteiger partial charge in [-0.3, -0.25) is 9.59 Å². The molecule has 1 aliphatic carbocycles. The molecule has 0 unspecified atom stereocenters. The third-order valence-electron chi connectivity index (χ3n) is 3.30. The van der Waals surface area contributed by atoms with Crippen LogP contribution in [0, 0.1) is 5.92 Å². The van der Waals surface area contributed by atoms with Gasteiger partial charge < -0.3 is 10.4 Å². The molecule has 0 bridgehead atoms. The van der Waals surface area contributed by atoms with E-state index in [0.717, 1.165) is 5.56 Å². The van der Waals surface area contributed by atoms with Crippen LogP contribution < -0.4 is 5.32 Å². The minimum Gasteiger partial charge on any atom is -0.481 e. The molecule has 1 aromatic rings. The quantitative estimate of drug-likeness (QED) is 0.810. The summed E-state index contributed by atoms with van der Waals surface area (Å²) in [5.41, 5.74) is 0.929. The first kappa shape index (κ1) is 13.3. The number of nitrogens with one attached hydrogen (secondary N) is 1. The topological polar surface area (TPSA) is 66.4 Å². The lowest BCUT2D eigenvalue weighted by Gasteiger charge is -2.26. The number of rotatable bonds is 4. The summed E-state index contributed by atoms with van der Waals surface area (Å²) in [5, 5.41) is 12.0. The number of carboxylic acid groups (broad SMARTS) is 1. The van der Waals surface area contributed by atoms with Crippen LogP contribution >= 0.6 is 0 Å². The molecular weight excluding hydrogens is 242 g/mol. The summed E-state index contributed by atoms with van der Waals surface area (Å²) in [5.74, 6) is -1.50. The second kappa shape index (κ2) is 6.18. The lowest BCUT2D eigenvalue weighted by atomic mass is 9.89. The maximum Gasteiger partial charge on any atom is 0.308 e. The Bertz CT molecular complexity index is 481. The van der Waals surface area contributed by atoms with Crippen molar-refractivity contribution in [3.63, 3.8) is 0 Å². The van der Waals surface area contributed by atoms with E-state index in [9.17, 15) is 9.59 Å². The second-order valence-electron chi connectivity index (χ2n) is 4.72. The first-order valence-electron chi connectivity index (χ1n) is 6.38. The minimum absolute atomic E-state index is 0.127. The monoisotopic (exact) mass is 259 g/mol. The number of hydrogen-bond acceptors (Lipinski definition) is 2. The fourth-order valence-electron chi connectivity index (χ4n) is 2.29. The molecule has 1 amide bonds. The highest BCUT2D eigenvalue weighted by Gasteiger charge is 2.29. The van der Waals surface area contributed by atoms with Gasteiger partial charge in [-0.05, 0) is 18.4 Å². The summed E-state index contributed by atoms with van der Waals surface area (Å²) >= 11 is 0. The van der Waals surface area contributed by atoms with Crippen molar-refractivity contribution in [1.82, 2.24) is 5.32 Å². The molecule has 0 spiro atoms. The second-order valence-corrected chi connectivity index (χ2v) is 4.72. The molecule has 0 aromatic heterocycles. The molecule has 0 saturated carbocycles. The number of carbonyl (C=O) groups is 2. The number of benzene rings is 1. The van der Waals surface area contributed by atoms with Crippen LogP contribution in [-0.4, -0.2) is 23.0 Å². The van der Waals surface area contributed by atoms with Gasteiger partial charge in [0, 0.05) is 6.04 Å². The van der Waals surface area contributed by atoms with Gasteiger partial charge in [0.05, 0.1) is 12.3 Å². The molecule has 19 heavy (non-hydrogen) atoms. The SMILES string of the molecule is O=C(Cc1ccccc1)N[C@H]1CC=CC[C@H]1C(=O)O. The number of amides is 1. The third kappa shape index (κ3) is 3.68. The van der Waals surface area contributed by atoms with Gasteiger partial charge in [-0.15, -0.1) is 0 Å². The van der Waals surface area contributed by atoms with E-state index in [1.807, 2.05) is 42.5 Å². The highest BCUT2D eigenvalue weighted by molar-refractivity contribution is 5.80. The van der Waals surface area contributed by atoms with Crippen molar-refractivity contribution in [2.24, 2.45) is 5.92 Å². The number of carboxylic acids is 1. The largest absolute Gasteiger partial charge is 0.481 e. The average molecular weight is 259 g/mol. The summed E-state index contributed by atoms with van der Waals surface area (Å²) in [6.07, 6.45) is 5.13. The van der Waals surface area contributed by atoms with E-state index in [2.05, 4.69) is 5.32 Å². The summed E-state index contributed by atoms with van der Waals surface area (Å²) in [4.78, 5) is 23.0. The Hall–Kier alpha value is -2.10. The maximum absolute atomic E-state index is 11.9. The van der Waals surface area contributed by atoms with Gasteiger partial charge in [-0.1, -0.05) is 42.5 Å². The van der Waals surface area contributed by atoms with Gasteiger partial charge >= 0.3 is 5.97 Å². The number of hydrogen-bond donors (Lipinski definition) is 2. The van der Waals surface area contributed by atoms with Crippen molar-refractivity contribution in [3.8, 4) is 0 Å². The van der Waals surface area contributed by atoms with Crippen molar-refractivity contribution < 1.29 is 14.7 Å². The van der Waals surface area contributed by atoms with Gasteiger partial charge in [0.15, 0.2) is 0 Å². The number of aliphatic carboxylic acids is 1. The zero-order valence-electron chi connectivity index (χ0n) is 10.6. The molecule has 2 N–H and O–H groups in total. The Morgan fingerprint density at radius 2 is 1.84 bits per heavy atom. The molecule has 2 rings (SSSR count). The summed E-state index contributed by atoms with van der Waals surface area (Å²) < 4.78 is 0. The lowest BCUT2D eigenvalue weighted by Crippen LogP contribution is -2.44. The Morgan fingerprint density at radius 1 is 1.16 bits per heavy atom. The molecule has 0 radical (unpaired) electrons. The molecule has 1 aromatic carbocycles. The molecule has 1 aliphatic rings. The van der Waals surface area contributed by atoms with Crippen molar-refractivity contribution in [2.45, 2.75) is 25.3 Å². The predicted octanol–water partition coefficient (Wildman–Crippen LogP) is 1.76. The smallest absolute Gasteiger partial charge is 0.308 e. The molecule has 0 aliphatic heterocycles. The summed E-state index contributed by atoms with van der Waals surface area (Å²) in [7, 11) is 0. The molecular formula is C15H17NO3. The first-order chi connectivity index (χ1) is 9.16. The van der Waals surface area contributed by atoms with Crippen LogP contribution in [0.2, 0.25) is 0 Å². The maximum atomic E-state index is 11.9. The number of allylic oxidation sites excluding steroid dienone is 1. The lowest BCUT2D eigenvalue weighted by molar-refractivity contribution is -0.143. The average Bonchev–Trinajstić information content (AvgIpc) is 2.40. The van der Waals surface area contributed by atoms with E-state index in [1.54, 1.807) is 0 Å². The normalized spacial score (nSPS) is 21.9. The van der Waals surface area contributed by atoms with E-state index in [1.165, 1.54) is 0 Å². The van der Waals surface area contributed by atoms with Crippen LogP contribution in [0.5, 0.6) is 0 Å². The first-order valence-corrected chi connectivity index (χ1v) is 6.38. The van der Waals surface area contributed by atoms with Crippen LogP contribution in [0.15, 0.2) is 42.5 Å². The van der Waals surface area contributed by atoms with Crippen molar-refractivity contribution in [1.29, 1.82) is 0 Å². The van der Waals surface area contributed by atoms with Crippen LogP contribution in [0.4, 0.5) is 0 Å². The van der Waals surface area contributed by atoms with Crippen molar-refractivity contribution in [2.75, 3.05) is 0 Å². The highest BCUT2D eigenvalue weighted by atomic mass is 16.4. The molecule has 0 fully saturated rings. The van der Waals surface area contributed by atoms with Crippen molar-refractivity contribution >= 4 is 11.9 Å². The van der Waals surface area contributed by atoms with Gasteiger partial charge in [0.2, 0.25) is 5.91 Å². The van der Waals surface area contributed by atoms with Crippen molar-refractivity contribution in [3.05, 3.63) is 48.0 Å². The molecule has 100 valence electrons.